The van der Waals surface area contributed by atoms with Gasteiger partial charge in [0.15, 0.2) is 0 Å². The summed E-state index contributed by atoms with van der Waals surface area (Å²) in [5.74, 6) is -0.315. The first kappa shape index (κ1) is 13.3. The second kappa shape index (κ2) is 5.69. The van der Waals surface area contributed by atoms with Gasteiger partial charge in [0.1, 0.15) is 0 Å². The third kappa shape index (κ3) is 2.84. The van der Waals surface area contributed by atoms with Gasteiger partial charge in [-0.2, -0.15) is 0 Å². The summed E-state index contributed by atoms with van der Waals surface area (Å²) in [5, 5.41) is 2.73. The molecule has 4 heteroatoms. The van der Waals surface area contributed by atoms with Gasteiger partial charge < -0.3 is 10.2 Å². The van der Waals surface area contributed by atoms with Gasteiger partial charge in [-0.05, 0) is 37.5 Å². The molecule has 1 heterocycles. The van der Waals surface area contributed by atoms with E-state index in [1.54, 1.807) is 6.07 Å². The van der Waals surface area contributed by atoms with Crippen molar-refractivity contribution >= 4 is 17.5 Å². The van der Waals surface area contributed by atoms with Gasteiger partial charge >= 0.3 is 0 Å². The Kier molecular flexibility index (Phi) is 4.00. The molecule has 0 spiro atoms. The lowest BCUT2D eigenvalue weighted by atomic mass is 10.1. The van der Waals surface area contributed by atoms with Crippen molar-refractivity contribution in [3.8, 4) is 0 Å². The Balaban J connectivity index is 2.33. The van der Waals surface area contributed by atoms with Gasteiger partial charge in [-0.1, -0.05) is 18.7 Å². The number of carbonyl (C=O) groups excluding carboxylic acids is 2. The minimum atomic E-state index is -0.301. The van der Waals surface area contributed by atoms with E-state index in [1.165, 1.54) is 6.08 Å². The molecule has 0 saturated carbocycles. The number of hydrogen-bond donors (Lipinski definition) is 1. The topological polar surface area (TPSA) is 49.4 Å². The average Bonchev–Trinajstić information content (AvgIpc) is 2.94. The average molecular weight is 258 g/mol. The molecular formula is C15H18N2O2. The number of aryl methyl sites for hydroxylation is 1. The number of para-hydroxylation sites is 1. The Morgan fingerprint density at radius 3 is 2.63 bits per heavy atom. The third-order valence-corrected chi connectivity index (χ3v) is 3.33. The van der Waals surface area contributed by atoms with Crippen molar-refractivity contribution in [1.82, 2.24) is 4.90 Å². The predicted octanol–water partition coefficient (Wildman–Crippen LogP) is 2.36. The first-order chi connectivity index (χ1) is 9.13. The molecular weight excluding hydrogens is 240 g/mol. The first-order valence-electron chi connectivity index (χ1n) is 6.46. The molecule has 0 atom stereocenters. The Labute approximate surface area is 113 Å². The van der Waals surface area contributed by atoms with Crippen LogP contribution in [0, 0.1) is 6.92 Å². The number of amides is 2. The van der Waals surface area contributed by atoms with E-state index < -0.39 is 0 Å². The minimum Gasteiger partial charge on any atom is -0.339 e. The highest BCUT2D eigenvalue weighted by molar-refractivity contribution is 6.07. The quantitative estimate of drug-likeness (QED) is 0.846. The number of carbonyl (C=O) groups is 2. The fraction of sp³-hybridized carbons (Fsp3) is 0.333. The highest BCUT2D eigenvalue weighted by atomic mass is 16.2. The number of hydrogen-bond acceptors (Lipinski definition) is 2. The van der Waals surface area contributed by atoms with E-state index in [9.17, 15) is 9.59 Å². The van der Waals surface area contributed by atoms with Crippen LogP contribution < -0.4 is 5.32 Å². The van der Waals surface area contributed by atoms with Gasteiger partial charge in [0.2, 0.25) is 5.91 Å². The van der Waals surface area contributed by atoms with E-state index in [1.807, 2.05) is 24.0 Å². The zero-order valence-corrected chi connectivity index (χ0v) is 11.1. The molecule has 1 fully saturated rings. The normalized spacial score (nSPS) is 14.3. The van der Waals surface area contributed by atoms with Crippen molar-refractivity contribution in [2.75, 3.05) is 18.4 Å². The molecule has 0 bridgehead atoms. The van der Waals surface area contributed by atoms with E-state index in [-0.39, 0.29) is 11.8 Å². The van der Waals surface area contributed by atoms with E-state index in [2.05, 4.69) is 11.9 Å². The molecule has 0 unspecified atom stereocenters. The third-order valence-electron chi connectivity index (χ3n) is 3.33. The van der Waals surface area contributed by atoms with Crippen LogP contribution in [0.5, 0.6) is 0 Å². The van der Waals surface area contributed by atoms with Crippen LogP contribution in [0.2, 0.25) is 0 Å². The summed E-state index contributed by atoms with van der Waals surface area (Å²) in [7, 11) is 0. The van der Waals surface area contributed by atoms with Crippen molar-refractivity contribution in [2.45, 2.75) is 19.8 Å². The molecule has 1 saturated heterocycles. The molecule has 0 aliphatic carbocycles. The lowest BCUT2D eigenvalue weighted by Crippen LogP contribution is -2.29. The highest BCUT2D eigenvalue weighted by Gasteiger charge is 2.22. The molecule has 1 aliphatic heterocycles. The van der Waals surface area contributed by atoms with Crippen LogP contribution in [-0.4, -0.2) is 29.8 Å². The van der Waals surface area contributed by atoms with Gasteiger partial charge in [0.25, 0.3) is 5.91 Å². The zero-order chi connectivity index (χ0) is 13.8. The van der Waals surface area contributed by atoms with Crippen LogP contribution >= 0.6 is 0 Å². The first-order valence-corrected chi connectivity index (χ1v) is 6.46. The van der Waals surface area contributed by atoms with Gasteiger partial charge in [-0.3, -0.25) is 9.59 Å². The van der Waals surface area contributed by atoms with Crippen molar-refractivity contribution in [3.05, 3.63) is 42.0 Å². The fourth-order valence-electron chi connectivity index (χ4n) is 2.28. The summed E-state index contributed by atoms with van der Waals surface area (Å²) in [6.45, 7) is 6.89. The summed E-state index contributed by atoms with van der Waals surface area (Å²) in [6, 6.07) is 5.47. The maximum atomic E-state index is 12.4. The number of anilines is 1. The second-order valence-corrected chi connectivity index (χ2v) is 4.69. The Bertz CT molecular complexity index is 517. The predicted molar refractivity (Wildman–Crippen MR) is 75.1 cm³/mol. The lowest BCUT2D eigenvalue weighted by molar-refractivity contribution is -0.111. The minimum absolute atomic E-state index is 0.0134. The number of nitrogens with zero attached hydrogens (tertiary/aromatic N) is 1. The van der Waals surface area contributed by atoms with Crippen molar-refractivity contribution < 1.29 is 9.59 Å². The van der Waals surface area contributed by atoms with Crippen LogP contribution in [0.25, 0.3) is 0 Å². The van der Waals surface area contributed by atoms with Crippen LogP contribution in [0.1, 0.15) is 28.8 Å². The number of nitrogens with one attached hydrogen (secondary N) is 1. The van der Waals surface area contributed by atoms with E-state index in [0.717, 1.165) is 31.5 Å². The molecule has 100 valence electrons. The second-order valence-electron chi connectivity index (χ2n) is 4.69. The van der Waals surface area contributed by atoms with Crippen LogP contribution in [-0.2, 0) is 4.79 Å². The Hall–Kier alpha value is -2.10. The van der Waals surface area contributed by atoms with Crippen LogP contribution in [0.3, 0.4) is 0 Å². The summed E-state index contributed by atoms with van der Waals surface area (Å²) < 4.78 is 0. The van der Waals surface area contributed by atoms with Crippen molar-refractivity contribution in [2.24, 2.45) is 0 Å². The molecule has 1 N–H and O–H groups in total. The largest absolute Gasteiger partial charge is 0.339 e. The number of likely N-dealkylation sites (tertiary alicyclic amines) is 1. The molecule has 2 amide bonds. The zero-order valence-electron chi connectivity index (χ0n) is 11.1. The van der Waals surface area contributed by atoms with Crippen molar-refractivity contribution in [1.29, 1.82) is 0 Å². The smallest absolute Gasteiger partial charge is 0.255 e. The summed E-state index contributed by atoms with van der Waals surface area (Å²) in [5.41, 5.74) is 2.02. The van der Waals surface area contributed by atoms with Gasteiger partial charge in [0.05, 0.1) is 11.3 Å². The lowest BCUT2D eigenvalue weighted by Gasteiger charge is -2.19. The molecule has 2 rings (SSSR count). The molecule has 19 heavy (non-hydrogen) atoms. The van der Waals surface area contributed by atoms with Crippen LogP contribution in [0.15, 0.2) is 30.9 Å². The molecule has 1 aliphatic rings. The summed E-state index contributed by atoms with van der Waals surface area (Å²) >= 11 is 0. The molecule has 1 aromatic rings. The standard InChI is InChI=1S/C15H18N2O2/c1-3-13(18)16-14-11(2)7-6-8-12(14)15(19)17-9-4-5-10-17/h3,6-8H,1,4-5,9-10H2,2H3,(H,16,18). The maximum absolute atomic E-state index is 12.4. The molecule has 0 aromatic heterocycles. The van der Waals surface area contributed by atoms with Gasteiger partial charge in [-0.15, -0.1) is 0 Å². The maximum Gasteiger partial charge on any atom is 0.255 e. The Morgan fingerprint density at radius 1 is 1.32 bits per heavy atom. The summed E-state index contributed by atoms with van der Waals surface area (Å²) in [6.07, 6.45) is 3.30. The van der Waals surface area contributed by atoms with Crippen molar-refractivity contribution in [3.63, 3.8) is 0 Å². The number of benzene rings is 1. The Morgan fingerprint density at radius 2 is 2.00 bits per heavy atom. The van der Waals surface area contributed by atoms with Gasteiger partial charge in [0, 0.05) is 13.1 Å². The molecule has 1 aromatic carbocycles. The van der Waals surface area contributed by atoms with Gasteiger partial charge in [-0.25, -0.2) is 0 Å². The fourth-order valence-corrected chi connectivity index (χ4v) is 2.28. The number of rotatable bonds is 3. The van der Waals surface area contributed by atoms with Crippen LogP contribution in [0.4, 0.5) is 5.69 Å². The molecule has 0 radical (unpaired) electrons. The highest BCUT2D eigenvalue weighted by Crippen LogP contribution is 2.23. The monoisotopic (exact) mass is 258 g/mol. The van der Waals surface area contributed by atoms with E-state index >= 15 is 0 Å². The molecule has 4 nitrogen and oxygen atoms in total. The SMILES string of the molecule is C=CC(=O)Nc1c(C)cccc1C(=O)N1CCCC1. The van der Waals surface area contributed by atoms with E-state index in [0.29, 0.717) is 11.3 Å². The summed E-state index contributed by atoms with van der Waals surface area (Å²) in [4.78, 5) is 25.7. The van der Waals surface area contributed by atoms with E-state index in [4.69, 9.17) is 0 Å².